The molecule has 0 radical (unpaired) electrons. The molecular weight excluding hydrogens is 408 g/mol. The van der Waals surface area contributed by atoms with Crippen LogP contribution in [0.2, 0.25) is 0 Å². The molecule has 172 valence electrons. The first-order valence-electron chi connectivity index (χ1n) is 11.6. The van der Waals surface area contributed by atoms with Crippen LogP contribution in [-0.4, -0.2) is 16.7 Å². The van der Waals surface area contributed by atoms with E-state index in [1.165, 1.54) is 0 Å². The Kier molecular flexibility index (Phi) is 8.42. The van der Waals surface area contributed by atoms with Gasteiger partial charge in [0.25, 0.3) is 0 Å². The number of hydrogen-bond donors (Lipinski definition) is 1. The SMILES string of the molecule is CC(C)c1cccc(C(C)C)c1NC(=O)CC(=O)N(Cc1ccccc1)Cc1ccccc1. The number of para-hydroxylation sites is 1. The molecule has 0 unspecified atom stereocenters. The van der Waals surface area contributed by atoms with Crippen molar-refractivity contribution in [3.8, 4) is 0 Å². The first-order chi connectivity index (χ1) is 15.8. The molecule has 4 heteroatoms. The average molecular weight is 443 g/mol. The Hall–Kier alpha value is -3.40. The van der Waals surface area contributed by atoms with E-state index in [2.05, 4.69) is 33.0 Å². The van der Waals surface area contributed by atoms with E-state index in [9.17, 15) is 9.59 Å². The lowest BCUT2D eigenvalue weighted by Crippen LogP contribution is -2.33. The molecule has 0 heterocycles. The minimum Gasteiger partial charge on any atom is -0.334 e. The number of carbonyl (C=O) groups excluding carboxylic acids is 2. The van der Waals surface area contributed by atoms with Crippen LogP contribution in [0.1, 0.15) is 68.2 Å². The summed E-state index contributed by atoms with van der Waals surface area (Å²) in [5.41, 5.74) is 5.10. The second-order valence-corrected chi connectivity index (χ2v) is 9.07. The summed E-state index contributed by atoms with van der Waals surface area (Å²) in [7, 11) is 0. The molecule has 0 atom stereocenters. The highest BCUT2D eigenvalue weighted by atomic mass is 16.2. The van der Waals surface area contributed by atoms with Gasteiger partial charge in [-0.05, 0) is 34.1 Å². The molecule has 0 aliphatic carbocycles. The Morgan fingerprint density at radius 2 is 1.15 bits per heavy atom. The first kappa shape index (κ1) is 24.2. The van der Waals surface area contributed by atoms with E-state index in [0.717, 1.165) is 27.9 Å². The zero-order chi connectivity index (χ0) is 23.8. The molecule has 0 aliphatic rings. The van der Waals surface area contributed by atoms with Crippen molar-refractivity contribution in [2.45, 2.75) is 59.0 Å². The normalized spacial score (nSPS) is 11.0. The van der Waals surface area contributed by atoms with Crippen molar-refractivity contribution in [1.29, 1.82) is 0 Å². The molecule has 0 aromatic heterocycles. The molecule has 1 N–H and O–H groups in total. The topological polar surface area (TPSA) is 49.4 Å². The van der Waals surface area contributed by atoms with Gasteiger partial charge in [-0.1, -0.05) is 107 Å². The number of nitrogens with zero attached hydrogens (tertiary/aromatic N) is 1. The Morgan fingerprint density at radius 1 is 0.697 bits per heavy atom. The summed E-state index contributed by atoms with van der Waals surface area (Å²) < 4.78 is 0. The van der Waals surface area contributed by atoms with Crippen molar-refractivity contribution in [3.05, 3.63) is 101 Å². The molecule has 2 amide bonds. The quantitative estimate of drug-likeness (QED) is 0.385. The third kappa shape index (κ3) is 6.79. The van der Waals surface area contributed by atoms with Crippen molar-refractivity contribution < 1.29 is 9.59 Å². The zero-order valence-electron chi connectivity index (χ0n) is 20.0. The fourth-order valence-corrected chi connectivity index (χ4v) is 3.97. The number of anilines is 1. The van der Waals surface area contributed by atoms with Gasteiger partial charge in [0.2, 0.25) is 11.8 Å². The highest BCUT2D eigenvalue weighted by Gasteiger charge is 2.21. The Morgan fingerprint density at radius 3 is 1.58 bits per heavy atom. The molecular formula is C29H34N2O2. The summed E-state index contributed by atoms with van der Waals surface area (Å²) in [6.45, 7) is 9.37. The van der Waals surface area contributed by atoms with E-state index in [-0.39, 0.29) is 30.1 Å². The zero-order valence-corrected chi connectivity index (χ0v) is 20.0. The van der Waals surface area contributed by atoms with Crippen LogP contribution < -0.4 is 5.32 Å². The van der Waals surface area contributed by atoms with Gasteiger partial charge >= 0.3 is 0 Å². The fraction of sp³-hybridized carbons (Fsp3) is 0.310. The third-order valence-electron chi connectivity index (χ3n) is 5.73. The van der Waals surface area contributed by atoms with Crippen LogP contribution >= 0.6 is 0 Å². The largest absolute Gasteiger partial charge is 0.334 e. The molecule has 0 fully saturated rings. The van der Waals surface area contributed by atoms with Gasteiger partial charge in [-0.15, -0.1) is 0 Å². The van der Waals surface area contributed by atoms with Gasteiger partial charge in [0.1, 0.15) is 6.42 Å². The minimum atomic E-state index is -0.277. The number of hydrogen-bond acceptors (Lipinski definition) is 2. The number of carbonyl (C=O) groups is 2. The van der Waals surface area contributed by atoms with E-state index in [0.29, 0.717) is 13.1 Å². The maximum absolute atomic E-state index is 13.3. The van der Waals surface area contributed by atoms with Crippen LogP contribution in [0, 0.1) is 0 Å². The van der Waals surface area contributed by atoms with E-state index in [4.69, 9.17) is 0 Å². The smallest absolute Gasteiger partial charge is 0.233 e. The summed E-state index contributed by atoms with van der Waals surface area (Å²) >= 11 is 0. The van der Waals surface area contributed by atoms with Crippen LogP contribution in [0.15, 0.2) is 78.9 Å². The lowest BCUT2D eigenvalue weighted by atomic mass is 9.92. The average Bonchev–Trinajstić information content (AvgIpc) is 2.79. The van der Waals surface area contributed by atoms with Gasteiger partial charge in [0.05, 0.1) is 0 Å². The summed E-state index contributed by atoms with van der Waals surface area (Å²) in [5, 5.41) is 3.07. The van der Waals surface area contributed by atoms with Crippen molar-refractivity contribution in [3.63, 3.8) is 0 Å². The first-order valence-corrected chi connectivity index (χ1v) is 11.6. The monoisotopic (exact) mass is 442 g/mol. The number of rotatable bonds is 9. The molecule has 33 heavy (non-hydrogen) atoms. The summed E-state index contributed by atoms with van der Waals surface area (Å²) in [5.74, 6) is 0.0687. The molecule has 0 saturated heterocycles. The van der Waals surface area contributed by atoms with Gasteiger partial charge in [-0.2, -0.15) is 0 Å². The van der Waals surface area contributed by atoms with E-state index < -0.39 is 0 Å². The van der Waals surface area contributed by atoms with E-state index in [1.54, 1.807) is 4.90 Å². The van der Waals surface area contributed by atoms with Gasteiger partial charge < -0.3 is 10.2 Å². The highest BCUT2D eigenvalue weighted by Crippen LogP contribution is 2.32. The van der Waals surface area contributed by atoms with Crippen LogP contribution in [0.25, 0.3) is 0 Å². The number of nitrogens with one attached hydrogen (secondary N) is 1. The molecule has 0 aliphatic heterocycles. The molecule has 0 bridgehead atoms. The summed E-state index contributed by atoms with van der Waals surface area (Å²) in [4.78, 5) is 28.0. The predicted octanol–water partition coefficient (Wildman–Crippen LogP) is 6.49. The predicted molar refractivity (Wildman–Crippen MR) is 135 cm³/mol. The Bertz CT molecular complexity index is 992. The van der Waals surface area contributed by atoms with Crippen LogP contribution in [0.5, 0.6) is 0 Å². The maximum Gasteiger partial charge on any atom is 0.233 e. The van der Waals surface area contributed by atoms with Crippen molar-refractivity contribution in [2.24, 2.45) is 0 Å². The van der Waals surface area contributed by atoms with Crippen LogP contribution in [-0.2, 0) is 22.7 Å². The molecule has 3 aromatic rings. The lowest BCUT2D eigenvalue weighted by molar-refractivity contribution is -0.135. The standard InChI is InChI=1S/C29H34N2O2/c1-21(2)25-16-11-17-26(22(3)4)29(25)30-27(32)18-28(33)31(19-23-12-7-5-8-13-23)20-24-14-9-6-10-15-24/h5-17,21-22H,18-20H2,1-4H3,(H,30,32). The summed E-state index contributed by atoms with van der Waals surface area (Å²) in [6.07, 6.45) is -0.191. The van der Waals surface area contributed by atoms with Crippen molar-refractivity contribution in [2.75, 3.05) is 5.32 Å². The van der Waals surface area contributed by atoms with Crippen molar-refractivity contribution >= 4 is 17.5 Å². The molecule has 3 rings (SSSR count). The van der Waals surface area contributed by atoms with E-state index in [1.807, 2.05) is 78.9 Å². The van der Waals surface area contributed by atoms with Crippen LogP contribution in [0.3, 0.4) is 0 Å². The second-order valence-electron chi connectivity index (χ2n) is 9.07. The Labute approximate surface area is 197 Å². The van der Waals surface area contributed by atoms with E-state index >= 15 is 0 Å². The molecule has 0 spiro atoms. The van der Waals surface area contributed by atoms with Crippen molar-refractivity contribution in [1.82, 2.24) is 4.90 Å². The molecule has 4 nitrogen and oxygen atoms in total. The highest BCUT2D eigenvalue weighted by molar-refractivity contribution is 6.04. The second kappa shape index (κ2) is 11.5. The summed E-state index contributed by atoms with van der Waals surface area (Å²) in [6, 6.07) is 25.9. The fourth-order valence-electron chi connectivity index (χ4n) is 3.97. The van der Waals surface area contributed by atoms with Gasteiger partial charge in [-0.25, -0.2) is 0 Å². The number of benzene rings is 3. The number of amides is 2. The maximum atomic E-state index is 13.3. The Balaban J connectivity index is 1.78. The van der Waals surface area contributed by atoms with Gasteiger partial charge in [-0.3, -0.25) is 9.59 Å². The van der Waals surface area contributed by atoms with Gasteiger partial charge in [0, 0.05) is 18.8 Å². The lowest BCUT2D eigenvalue weighted by Gasteiger charge is -2.24. The van der Waals surface area contributed by atoms with Crippen LogP contribution in [0.4, 0.5) is 5.69 Å². The molecule has 0 saturated carbocycles. The third-order valence-corrected chi connectivity index (χ3v) is 5.73. The molecule has 3 aromatic carbocycles. The van der Waals surface area contributed by atoms with Gasteiger partial charge in [0.15, 0.2) is 0 Å². The minimum absolute atomic E-state index is 0.187.